The van der Waals surface area contributed by atoms with E-state index in [2.05, 4.69) is 10.3 Å². The molecule has 1 saturated heterocycles. The lowest BCUT2D eigenvalue weighted by Gasteiger charge is -2.33. The maximum Gasteiger partial charge on any atom is 0.323 e. The highest BCUT2D eigenvalue weighted by Gasteiger charge is 2.25. The molecule has 0 bridgehead atoms. The van der Waals surface area contributed by atoms with Crippen molar-refractivity contribution in [1.29, 1.82) is 0 Å². The van der Waals surface area contributed by atoms with Crippen molar-refractivity contribution in [1.82, 2.24) is 9.88 Å². The number of carbonyl (C=O) groups is 1. The van der Waals surface area contributed by atoms with Crippen LogP contribution in [0, 0.1) is 0 Å². The van der Waals surface area contributed by atoms with Crippen LogP contribution in [0.25, 0.3) is 0 Å². The largest absolute Gasteiger partial charge is 0.508 e. The number of phenolic OH excluding ortho intramolecular Hbond substituents is 1. The lowest BCUT2D eigenvalue weighted by Crippen LogP contribution is -2.44. The molecule has 21 heavy (non-hydrogen) atoms. The van der Waals surface area contributed by atoms with Gasteiger partial charge in [-0.25, -0.2) is 9.78 Å². The van der Waals surface area contributed by atoms with Crippen LogP contribution in [-0.4, -0.2) is 40.7 Å². The third-order valence-electron chi connectivity index (χ3n) is 3.24. The Morgan fingerprint density at radius 1 is 1.52 bits per heavy atom. The zero-order chi connectivity index (χ0) is 14.7. The van der Waals surface area contributed by atoms with E-state index in [4.69, 9.17) is 4.74 Å². The highest BCUT2D eigenvalue weighted by molar-refractivity contribution is 7.13. The van der Waals surface area contributed by atoms with Gasteiger partial charge in [0.25, 0.3) is 0 Å². The van der Waals surface area contributed by atoms with E-state index in [1.165, 1.54) is 11.3 Å². The van der Waals surface area contributed by atoms with Crippen LogP contribution in [0.5, 0.6) is 5.75 Å². The normalized spacial score (nSPS) is 18.5. The minimum atomic E-state index is -0.229. The van der Waals surface area contributed by atoms with Gasteiger partial charge in [-0.05, 0) is 17.7 Å². The quantitative estimate of drug-likeness (QED) is 0.893. The maximum atomic E-state index is 12.2. The van der Waals surface area contributed by atoms with Gasteiger partial charge in [0.15, 0.2) is 5.13 Å². The number of carbonyl (C=O) groups excluding carboxylic acids is 1. The monoisotopic (exact) mass is 305 g/mol. The first kappa shape index (κ1) is 13.8. The fraction of sp³-hybridized carbons (Fsp3) is 0.286. The number of benzene rings is 1. The summed E-state index contributed by atoms with van der Waals surface area (Å²) in [5, 5.41) is 14.7. The molecule has 2 aromatic rings. The number of nitrogens with zero attached hydrogens (tertiary/aromatic N) is 2. The number of urea groups is 1. The second-order valence-electron chi connectivity index (χ2n) is 4.67. The molecule has 2 amide bonds. The molecule has 1 aromatic carbocycles. The number of aromatic hydroxyl groups is 1. The van der Waals surface area contributed by atoms with E-state index in [0.29, 0.717) is 24.8 Å². The molecule has 6 nitrogen and oxygen atoms in total. The third kappa shape index (κ3) is 3.32. The number of morpholine rings is 1. The second-order valence-corrected chi connectivity index (χ2v) is 5.56. The molecule has 1 aromatic heterocycles. The van der Waals surface area contributed by atoms with Crippen LogP contribution in [0.1, 0.15) is 11.7 Å². The Morgan fingerprint density at radius 2 is 2.43 bits per heavy atom. The highest BCUT2D eigenvalue weighted by atomic mass is 32.1. The van der Waals surface area contributed by atoms with E-state index in [9.17, 15) is 9.90 Å². The number of amides is 2. The predicted molar refractivity (Wildman–Crippen MR) is 79.5 cm³/mol. The number of aromatic nitrogens is 1. The first-order valence-electron chi connectivity index (χ1n) is 6.58. The van der Waals surface area contributed by atoms with Gasteiger partial charge in [0.2, 0.25) is 0 Å². The molecular formula is C14H15N3O3S. The summed E-state index contributed by atoms with van der Waals surface area (Å²) in [6.45, 7) is 1.44. The summed E-state index contributed by atoms with van der Waals surface area (Å²) in [4.78, 5) is 17.9. The summed E-state index contributed by atoms with van der Waals surface area (Å²) < 4.78 is 5.69. The third-order valence-corrected chi connectivity index (χ3v) is 3.93. The number of phenols is 1. The van der Waals surface area contributed by atoms with Crippen molar-refractivity contribution in [3.63, 3.8) is 0 Å². The van der Waals surface area contributed by atoms with Gasteiger partial charge in [-0.15, -0.1) is 11.3 Å². The minimum Gasteiger partial charge on any atom is -0.508 e. The number of hydrogen-bond donors (Lipinski definition) is 2. The Bertz CT molecular complexity index is 618. The Kier molecular flexibility index (Phi) is 4.03. The van der Waals surface area contributed by atoms with E-state index in [1.807, 2.05) is 11.4 Å². The lowest BCUT2D eigenvalue weighted by molar-refractivity contribution is -0.0135. The average Bonchev–Trinajstić information content (AvgIpc) is 3.00. The van der Waals surface area contributed by atoms with Crippen LogP contribution in [0.3, 0.4) is 0 Å². The SMILES string of the molecule is O=C(Nc1nccs1)N1CCOC(c2cccc(O)c2)C1. The molecule has 2 N–H and O–H groups in total. The van der Waals surface area contributed by atoms with Crippen molar-refractivity contribution in [3.8, 4) is 5.75 Å². The number of rotatable bonds is 2. The van der Waals surface area contributed by atoms with Crippen molar-refractivity contribution in [2.24, 2.45) is 0 Å². The smallest absolute Gasteiger partial charge is 0.323 e. The first-order valence-corrected chi connectivity index (χ1v) is 7.46. The number of nitrogens with one attached hydrogen (secondary N) is 1. The Labute approximate surface area is 126 Å². The van der Waals surface area contributed by atoms with Crippen LogP contribution in [0.4, 0.5) is 9.93 Å². The van der Waals surface area contributed by atoms with E-state index in [-0.39, 0.29) is 17.9 Å². The molecule has 3 rings (SSSR count). The van der Waals surface area contributed by atoms with E-state index in [0.717, 1.165) is 5.56 Å². The standard InChI is InChI=1S/C14H15N3O3S/c18-11-3-1-2-10(8-11)12-9-17(5-6-20-12)14(19)16-13-15-4-7-21-13/h1-4,7-8,12,18H,5-6,9H2,(H,15,16,19). The molecule has 2 heterocycles. The number of ether oxygens (including phenoxy) is 1. The molecule has 1 atom stereocenters. The van der Waals surface area contributed by atoms with Gasteiger partial charge in [0, 0.05) is 18.1 Å². The zero-order valence-corrected chi connectivity index (χ0v) is 12.0. The van der Waals surface area contributed by atoms with Gasteiger partial charge in [-0.3, -0.25) is 5.32 Å². The van der Waals surface area contributed by atoms with Gasteiger partial charge >= 0.3 is 6.03 Å². The first-order chi connectivity index (χ1) is 10.2. The van der Waals surface area contributed by atoms with E-state index in [1.54, 1.807) is 29.3 Å². The molecule has 1 aliphatic heterocycles. The summed E-state index contributed by atoms with van der Waals surface area (Å²) in [7, 11) is 0. The summed E-state index contributed by atoms with van der Waals surface area (Å²) in [5.41, 5.74) is 0.863. The summed E-state index contributed by atoms with van der Waals surface area (Å²) in [6.07, 6.45) is 1.42. The molecule has 0 aliphatic carbocycles. The molecule has 0 radical (unpaired) electrons. The van der Waals surface area contributed by atoms with Gasteiger partial charge in [0.1, 0.15) is 11.9 Å². The van der Waals surface area contributed by atoms with Crippen molar-refractivity contribution in [2.45, 2.75) is 6.10 Å². The lowest BCUT2D eigenvalue weighted by atomic mass is 10.1. The van der Waals surface area contributed by atoms with Crippen LogP contribution in [-0.2, 0) is 4.74 Å². The van der Waals surface area contributed by atoms with Gasteiger partial charge in [-0.2, -0.15) is 0 Å². The molecule has 1 fully saturated rings. The molecule has 1 aliphatic rings. The van der Waals surface area contributed by atoms with Crippen LogP contribution < -0.4 is 5.32 Å². The fourth-order valence-corrected chi connectivity index (χ4v) is 2.73. The Hall–Kier alpha value is -2.12. The molecular weight excluding hydrogens is 290 g/mol. The number of anilines is 1. The number of thiazole rings is 1. The fourth-order valence-electron chi connectivity index (χ4n) is 2.22. The summed E-state index contributed by atoms with van der Waals surface area (Å²) >= 11 is 1.38. The maximum absolute atomic E-state index is 12.2. The van der Waals surface area contributed by atoms with Crippen molar-refractivity contribution < 1.29 is 14.6 Å². The minimum absolute atomic E-state index is 0.182. The van der Waals surface area contributed by atoms with Gasteiger partial charge in [-0.1, -0.05) is 12.1 Å². The average molecular weight is 305 g/mol. The molecule has 7 heteroatoms. The predicted octanol–water partition coefficient (Wildman–Crippen LogP) is 2.45. The Balaban J connectivity index is 1.66. The van der Waals surface area contributed by atoms with Crippen molar-refractivity contribution in [2.75, 3.05) is 25.0 Å². The van der Waals surface area contributed by atoms with E-state index >= 15 is 0 Å². The topological polar surface area (TPSA) is 74.7 Å². The highest BCUT2D eigenvalue weighted by Crippen LogP contribution is 2.25. The molecule has 1 unspecified atom stereocenters. The van der Waals surface area contributed by atoms with Crippen LogP contribution in [0.15, 0.2) is 35.8 Å². The van der Waals surface area contributed by atoms with Crippen LogP contribution >= 0.6 is 11.3 Å². The van der Waals surface area contributed by atoms with E-state index < -0.39 is 0 Å². The number of hydrogen-bond acceptors (Lipinski definition) is 5. The molecule has 110 valence electrons. The van der Waals surface area contributed by atoms with Crippen molar-refractivity contribution in [3.05, 3.63) is 41.4 Å². The zero-order valence-electron chi connectivity index (χ0n) is 11.2. The second kappa shape index (κ2) is 6.11. The summed E-state index contributed by atoms with van der Waals surface area (Å²) in [5.74, 6) is 0.195. The van der Waals surface area contributed by atoms with Gasteiger partial charge in [0.05, 0.1) is 13.2 Å². The van der Waals surface area contributed by atoms with Crippen LogP contribution in [0.2, 0.25) is 0 Å². The molecule has 0 saturated carbocycles. The Morgan fingerprint density at radius 3 is 3.19 bits per heavy atom. The summed E-state index contributed by atoms with van der Waals surface area (Å²) in [6, 6.07) is 6.74. The molecule has 0 spiro atoms. The van der Waals surface area contributed by atoms with Gasteiger partial charge < -0.3 is 14.7 Å². The van der Waals surface area contributed by atoms with Crippen molar-refractivity contribution >= 4 is 22.5 Å².